The predicted molar refractivity (Wildman–Crippen MR) is 100 cm³/mol. The number of aryl methyl sites for hydroxylation is 1. The monoisotopic (exact) mass is 378 g/mol. The van der Waals surface area contributed by atoms with Gasteiger partial charge in [0.25, 0.3) is 0 Å². The van der Waals surface area contributed by atoms with Gasteiger partial charge in [-0.25, -0.2) is 0 Å². The van der Waals surface area contributed by atoms with Crippen LogP contribution in [0.3, 0.4) is 0 Å². The molecule has 2 nitrogen and oxygen atoms in total. The van der Waals surface area contributed by atoms with Crippen LogP contribution in [0.4, 0.5) is 13.2 Å². The number of halogens is 3. The molecule has 3 rings (SSSR count). The molecule has 3 aromatic rings. The molecule has 0 aliphatic heterocycles. The molecule has 0 aliphatic rings. The highest BCUT2D eigenvalue weighted by Gasteiger charge is 2.31. The second kappa shape index (κ2) is 8.08. The summed E-state index contributed by atoms with van der Waals surface area (Å²) in [5, 5.41) is 0. The van der Waals surface area contributed by atoms with Gasteiger partial charge in [-0.2, -0.15) is 13.2 Å². The Morgan fingerprint density at radius 2 is 1.92 bits per heavy atom. The Kier molecular flexibility index (Phi) is 5.81. The van der Waals surface area contributed by atoms with E-state index >= 15 is 0 Å². The van der Waals surface area contributed by atoms with Gasteiger partial charge in [0.15, 0.2) is 0 Å². The molecule has 0 fully saturated rings. The molecule has 0 bridgehead atoms. The lowest BCUT2D eigenvalue weighted by atomic mass is 10.1. The van der Waals surface area contributed by atoms with E-state index in [4.69, 9.17) is 0 Å². The van der Waals surface area contributed by atoms with E-state index in [1.54, 1.807) is 23.6 Å². The molecule has 0 saturated carbocycles. The number of alkyl halides is 3. The summed E-state index contributed by atoms with van der Waals surface area (Å²) in [5.74, 6) is 0. The first-order valence-electron chi connectivity index (χ1n) is 8.78. The van der Waals surface area contributed by atoms with Crippen molar-refractivity contribution in [1.29, 1.82) is 0 Å². The normalized spacial score (nSPS) is 11.8. The van der Waals surface area contributed by atoms with Crippen LogP contribution in [0.2, 0.25) is 0 Å². The van der Waals surface area contributed by atoms with Crippen molar-refractivity contribution in [2.75, 3.05) is 0 Å². The highest BCUT2D eigenvalue weighted by Crippen LogP contribution is 2.33. The van der Waals surface area contributed by atoms with Crippen molar-refractivity contribution in [3.05, 3.63) is 53.2 Å². The van der Waals surface area contributed by atoms with E-state index in [-0.39, 0.29) is 0 Å². The quantitative estimate of drug-likeness (QED) is 0.443. The molecule has 0 aromatic carbocycles. The Hall–Kier alpha value is -2.08. The van der Waals surface area contributed by atoms with Gasteiger partial charge >= 0.3 is 6.18 Å². The maximum Gasteiger partial charge on any atom is 0.417 e. The van der Waals surface area contributed by atoms with E-state index in [9.17, 15) is 13.2 Å². The summed E-state index contributed by atoms with van der Waals surface area (Å²) < 4.78 is 38.1. The summed E-state index contributed by atoms with van der Waals surface area (Å²) >= 11 is 1.76. The maximum atomic E-state index is 12.7. The third-order valence-corrected chi connectivity index (χ3v) is 5.47. The molecular weight excluding hydrogens is 357 g/mol. The molecular formula is C20H21F3N2S. The van der Waals surface area contributed by atoms with Crippen molar-refractivity contribution < 1.29 is 13.2 Å². The Morgan fingerprint density at radius 3 is 2.58 bits per heavy atom. The molecule has 3 heterocycles. The number of unbranched alkanes of at least 4 members (excludes halogenated alkanes) is 3. The fourth-order valence-corrected chi connectivity index (χ4v) is 3.84. The molecule has 3 aromatic heterocycles. The van der Waals surface area contributed by atoms with Crippen molar-refractivity contribution in [2.24, 2.45) is 0 Å². The van der Waals surface area contributed by atoms with Crippen LogP contribution in [0.15, 0.2) is 42.7 Å². The Labute approximate surface area is 155 Å². The highest BCUT2D eigenvalue weighted by molar-refractivity contribution is 7.15. The number of pyridine rings is 1. The molecule has 0 atom stereocenters. The smallest absolute Gasteiger partial charge is 0.359 e. The van der Waals surface area contributed by atoms with E-state index < -0.39 is 11.7 Å². The van der Waals surface area contributed by atoms with Crippen LogP contribution >= 0.6 is 11.3 Å². The lowest BCUT2D eigenvalue weighted by Crippen LogP contribution is -2.02. The zero-order chi connectivity index (χ0) is 18.6. The molecule has 1 N–H and O–H groups in total. The summed E-state index contributed by atoms with van der Waals surface area (Å²) in [6, 6.07) is 8.99. The summed E-state index contributed by atoms with van der Waals surface area (Å²) in [4.78, 5) is 9.47. The maximum absolute atomic E-state index is 12.7. The molecule has 0 saturated heterocycles. The molecule has 138 valence electrons. The van der Waals surface area contributed by atoms with Crippen LogP contribution in [0.1, 0.15) is 43.0 Å². The van der Waals surface area contributed by atoms with Crippen molar-refractivity contribution in [1.82, 2.24) is 9.97 Å². The Balaban J connectivity index is 1.68. The van der Waals surface area contributed by atoms with Crippen molar-refractivity contribution in [2.45, 2.75) is 45.2 Å². The second-order valence-corrected chi connectivity index (χ2v) is 7.48. The number of nitrogens with one attached hydrogen (secondary N) is 1. The van der Waals surface area contributed by atoms with Gasteiger partial charge in [0.1, 0.15) is 0 Å². The second-order valence-electron chi connectivity index (χ2n) is 6.31. The fraction of sp³-hybridized carbons (Fsp3) is 0.350. The zero-order valence-electron chi connectivity index (χ0n) is 14.6. The molecule has 0 radical (unpaired) electrons. The van der Waals surface area contributed by atoms with Crippen LogP contribution < -0.4 is 0 Å². The van der Waals surface area contributed by atoms with Gasteiger partial charge in [-0.3, -0.25) is 4.98 Å². The Bertz CT molecular complexity index is 831. The molecule has 0 amide bonds. The standard InChI is InChI=1S/C20H21F3N2S/c1-2-3-4-5-6-16-8-10-19(26-16)14-7-9-17(24-12-14)18-11-15(13-25-18)20(21,22)23/h7-13,25H,2-6H2,1H3. The largest absolute Gasteiger partial charge is 0.417 e. The number of nitrogens with zero attached hydrogens (tertiary/aromatic N) is 1. The van der Waals surface area contributed by atoms with Gasteiger partial charge in [0, 0.05) is 27.7 Å². The first-order valence-corrected chi connectivity index (χ1v) is 9.60. The first-order chi connectivity index (χ1) is 12.5. The molecule has 0 unspecified atom stereocenters. The first kappa shape index (κ1) is 18.7. The fourth-order valence-electron chi connectivity index (χ4n) is 2.80. The van der Waals surface area contributed by atoms with Crippen LogP contribution in [0, 0.1) is 0 Å². The van der Waals surface area contributed by atoms with E-state index in [1.807, 2.05) is 6.07 Å². The van der Waals surface area contributed by atoms with Gasteiger partial charge < -0.3 is 4.98 Å². The van der Waals surface area contributed by atoms with Crippen LogP contribution in [0.5, 0.6) is 0 Å². The van der Waals surface area contributed by atoms with Gasteiger partial charge in [-0.1, -0.05) is 26.2 Å². The third kappa shape index (κ3) is 4.55. The minimum atomic E-state index is -4.35. The van der Waals surface area contributed by atoms with Crippen LogP contribution in [0.25, 0.3) is 21.8 Å². The predicted octanol–water partition coefficient (Wildman–Crippen LogP) is 6.95. The number of hydrogen-bond acceptors (Lipinski definition) is 2. The summed E-state index contributed by atoms with van der Waals surface area (Å²) in [7, 11) is 0. The van der Waals surface area contributed by atoms with Crippen LogP contribution in [-0.2, 0) is 12.6 Å². The number of H-pyrrole nitrogens is 1. The van der Waals surface area contributed by atoms with Gasteiger partial charge in [0.2, 0.25) is 0 Å². The number of rotatable bonds is 7. The molecule has 26 heavy (non-hydrogen) atoms. The van der Waals surface area contributed by atoms with E-state index in [0.29, 0.717) is 11.4 Å². The summed E-state index contributed by atoms with van der Waals surface area (Å²) in [6.07, 6.45) is 4.41. The highest BCUT2D eigenvalue weighted by atomic mass is 32.1. The third-order valence-electron chi connectivity index (χ3n) is 4.27. The lowest BCUT2D eigenvalue weighted by molar-refractivity contribution is -0.137. The van der Waals surface area contributed by atoms with Crippen molar-refractivity contribution >= 4 is 11.3 Å². The van der Waals surface area contributed by atoms with Gasteiger partial charge in [0.05, 0.1) is 17.0 Å². The van der Waals surface area contributed by atoms with Crippen molar-refractivity contribution in [3.8, 4) is 21.8 Å². The zero-order valence-corrected chi connectivity index (χ0v) is 15.4. The molecule has 6 heteroatoms. The average Bonchev–Trinajstić information content (AvgIpc) is 3.28. The van der Waals surface area contributed by atoms with Gasteiger partial charge in [-0.05, 0) is 43.2 Å². The summed E-state index contributed by atoms with van der Waals surface area (Å²) in [5.41, 5.74) is 1.16. The van der Waals surface area contributed by atoms with E-state index in [1.165, 1.54) is 30.6 Å². The van der Waals surface area contributed by atoms with E-state index in [0.717, 1.165) is 29.1 Å². The van der Waals surface area contributed by atoms with Gasteiger partial charge in [-0.15, -0.1) is 11.3 Å². The molecule has 0 spiro atoms. The summed E-state index contributed by atoms with van der Waals surface area (Å²) in [6.45, 7) is 2.21. The number of aromatic amines is 1. The number of thiophene rings is 1. The van der Waals surface area contributed by atoms with E-state index in [2.05, 4.69) is 29.0 Å². The number of aromatic nitrogens is 2. The lowest BCUT2D eigenvalue weighted by Gasteiger charge is -2.02. The average molecular weight is 378 g/mol. The SMILES string of the molecule is CCCCCCc1ccc(-c2ccc(-c3cc(C(F)(F)F)c[nH]3)nc2)s1. The van der Waals surface area contributed by atoms with Crippen LogP contribution in [-0.4, -0.2) is 9.97 Å². The molecule has 0 aliphatic carbocycles. The van der Waals surface area contributed by atoms with Crippen molar-refractivity contribution in [3.63, 3.8) is 0 Å². The minimum Gasteiger partial charge on any atom is -0.359 e. The minimum absolute atomic E-state index is 0.367. The Morgan fingerprint density at radius 1 is 1.08 bits per heavy atom. The topological polar surface area (TPSA) is 28.7 Å². The number of hydrogen-bond donors (Lipinski definition) is 1.